The minimum atomic E-state index is 0.503. The zero-order chi connectivity index (χ0) is 11.3. The third-order valence-corrected chi connectivity index (χ3v) is 3.66. The smallest absolute Gasteiger partial charge is 0.00698 e. The molecule has 1 nitrogen and oxygen atoms in total. The molecular formula is C14H29N. The number of hydrogen-bond acceptors (Lipinski definition) is 1. The van der Waals surface area contributed by atoms with E-state index in [0.717, 1.165) is 12.0 Å². The Morgan fingerprint density at radius 2 is 1.93 bits per heavy atom. The Hall–Kier alpha value is -0.0400. The van der Waals surface area contributed by atoms with Gasteiger partial charge in [0.25, 0.3) is 0 Å². The lowest BCUT2D eigenvalue weighted by molar-refractivity contribution is 0.354. The second kappa shape index (κ2) is 5.89. The van der Waals surface area contributed by atoms with Crippen LogP contribution in [0, 0.1) is 11.3 Å². The van der Waals surface area contributed by atoms with Crippen molar-refractivity contribution in [3.63, 3.8) is 0 Å². The second-order valence-corrected chi connectivity index (χ2v) is 6.40. The van der Waals surface area contributed by atoms with Gasteiger partial charge in [-0.1, -0.05) is 34.1 Å². The highest BCUT2D eigenvalue weighted by Crippen LogP contribution is 2.28. The molecule has 15 heavy (non-hydrogen) atoms. The van der Waals surface area contributed by atoms with Gasteiger partial charge in [-0.3, -0.25) is 0 Å². The summed E-state index contributed by atoms with van der Waals surface area (Å²) >= 11 is 0. The van der Waals surface area contributed by atoms with Crippen LogP contribution in [0.25, 0.3) is 0 Å². The van der Waals surface area contributed by atoms with Gasteiger partial charge in [0.1, 0.15) is 0 Å². The van der Waals surface area contributed by atoms with Crippen LogP contribution in [-0.2, 0) is 0 Å². The molecule has 1 heteroatoms. The standard InChI is InChI=1S/C14H29N/c1-5-12-7-8-13(11-12)15-10-6-9-14(2,3)4/h12-13,15H,5-11H2,1-4H3. The van der Waals surface area contributed by atoms with E-state index in [4.69, 9.17) is 0 Å². The van der Waals surface area contributed by atoms with Crippen molar-refractivity contribution in [1.82, 2.24) is 5.32 Å². The van der Waals surface area contributed by atoms with Gasteiger partial charge in [0, 0.05) is 6.04 Å². The highest BCUT2D eigenvalue weighted by atomic mass is 14.9. The van der Waals surface area contributed by atoms with Crippen LogP contribution >= 0.6 is 0 Å². The summed E-state index contributed by atoms with van der Waals surface area (Å²) in [6.45, 7) is 10.5. The van der Waals surface area contributed by atoms with Gasteiger partial charge >= 0.3 is 0 Å². The molecule has 0 aromatic heterocycles. The van der Waals surface area contributed by atoms with Crippen molar-refractivity contribution < 1.29 is 0 Å². The molecule has 1 N–H and O–H groups in total. The van der Waals surface area contributed by atoms with Crippen LogP contribution in [0.1, 0.15) is 66.2 Å². The Morgan fingerprint density at radius 3 is 2.47 bits per heavy atom. The van der Waals surface area contributed by atoms with Crippen LogP contribution in [-0.4, -0.2) is 12.6 Å². The van der Waals surface area contributed by atoms with Crippen molar-refractivity contribution in [2.75, 3.05) is 6.54 Å². The van der Waals surface area contributed by atoms with E-state index in [0.29, 0.717) is 5.41 Å². The van der Waals surface area contributed by atoms with Crippen LogP contribution in [0.2, 0.25) is 0 Å². The van der Waals surface area contributed by atoms with Gasteiger partial charge < -0.3 is 5.32 Å². The highest BCUT2D eigenvalue weighted by Gasteiger charge is 2.22. The summed E-state index contributed by atoms with van der Waals surface area (Å²) in [5.74, 6) is 1.00. The van der Waals surface area contributed by atoms with E-state index in [1.165, 1.54) is 45.1 Å². The van der Waals surface area contributed by atoms with Gasteiger partial charge in [-0.2, -0.15) is 0 Å². The maximum Gasteiger partial charge on any atom is 0.00698 e. The molecule has 0 bridgehead atoms. The third-order valence-electron chi connectivity index (χ3n) is 3.66. The molecule has 0 saturated heterocycles. The van der Waals surface area contributed by atoms with E-state index in [9.17, 15) is 0 Å². The summed E-state index contributed by atoms with van der Waals surface area (Å²) in [6, 6.07) is 0.829. The van der Waals surface area contributed by atoms with Crippen LogP contribution in [0.4, 0.5) is 0 Å². The largest absolute Gasteiger partial charge is 0.314 e. The molecule has 2 atom stereocenters. The highest BCUT2D eigenvalue weighted by molar-refractivity contribution is 4.79. The summed E-state index contributed by atoms with van der Waals surface area (Å²) in [6.07, 6.45) is 8.33. The molecule has 1 aliphatic rings. The summed E-state index contributed by atoms with van der Waals surface area (Å²) in [5, 5.41) is 3.72. The van der Waals surface area contributed by atoms with Gasteiger partial charge in [-0.25, -0.2) is 0 Å². The Kier molecular flexibility index (Phi) is 5.11. The van der Waals surface area contributed by atoms with E-state index < -0.39 is 0 Å². The van der Waals surface area contributed by atoms with Crippen molar-refractivity contribution >= 4 is 0 Å². The van der Waals surface area contributed by atoms with Crippen LogP contribution in [0.3, 0.4) is 0 Å². The fourth-order valence-corrected chi connectivity index (χ4v) is 2.56. The monoisotopic (exact) mass is 211 g/mol. The van der Waals surface area contributed by atoms with Gasteiger partial charge in [-0.15, -0.1) is 0 Å². The molecule has 0 spiro atoms. The fourth-order valence-electron chi connectivity index (χ4n) is 2.56. The van der Waals surface area contributed by atoms with E-state index in [2.05, 4.69) is 33.0 Å². The predicted octanol–water partition coefficient (Wildman–Crippen LogP) is 3.98. The van der Waals surface area contributed by atoms with Crippen LogP contribution in [0.15, 0.2) is 0 Å². The van der Waals surface area contributed by atoms with Gasteiger partial charge in [0.2, 0.25) is 0 Å². The molecule has 1 rings (SSSR count). The maximum absolute atomic E-state index is 3.72. The molecule has 0 amide bonds. The molecule has 2 unspecified atom stereocenters. The first-order valence-electron chi connectivity index (χ1n) is 6.74. The third kappa shape index (κ3) is 5.55. The molecule has 0 radical (unpaired) electrons. The van der Waals surface area contributed by atoms with Crippen molar-refractivity contribution in [2.24, 2.45) is 11.3 Å². The molecular weight excluding hydrogens is 182 g/mol. The lowest BCUT2D eigenvalue weighted by Crippen LogP contribution is -2.28. The predicted molar refractivity (Wildman–Crippen MR) is 68.1 cm³/mol. The van der Waals surface area contributed by atoms with Crippen LogP contribution < -0.4 is 5.32 Å². The lowest BCUT2D eigenvalue weighted by atomic mass is 9.90. The first-order chi connectivity index (χ1) is 7.01. The average Bonchev–Trinajstić information content (AvgIpc) is 2.59. The molecule has 1 fully saturated rings. The summed E-state index contributed by atoms with van der Waals surface area (Å²) in [7, 11) is 0. The van der Waals surface area contributed by atoms with Crippen molar-refractivity contribution in [1.29, 1.82) is 0 Å². The first kappa shape index (κ1) is 13.0. The molecule has 0 aliphatic heterocycles. The average molecular weight is 211 g/mol. The number of rotatable bonds is 5. The number of nitrogens with one attached hydrogen (secondary N) is 1. The minimum Gasteiger partial charge on any atom is -0.314 e. The molecule has 0 aromatic rings. The molecule has 1 saturated carbocycles. The minimum absolute atomic E-state index is 0.503. The normalized spacial score (nSPS) is 27.2. The lowest BCUT2D eigenvalue weighted by Gasteiger charge is -2.19. The fraction of sp³-hybridized carbons (Fsp3) is 1.00. The molecule has 90 valence electrons. The van der Waals surface area contributed by atoms with Gasteiger partial charge in [-0.05, 0) is 50.0 Å². The van der Waals surface area contributed by atoms with Crippen LogP contribution in [0.5, 0.6) is 0 Å². The molecule has 1 aliphatic carbocycles. The first-order valence-corrected chi connectivity index (χ1v) is 6.74. The van der Waals surface area contributed by atoms with E-state index in [1.54, 1.807) is 0 Å². The summed E-state index contributed by atoms with van der Waals surface area (Å²) in [5.41, 5.74) is 0.503. The summed E-state index contributed by atoms with van der Waals surface area (Å²) < 4.78 is 0. The zero-order valence-electron chi connectivity index (χ0n) is 11.1. The van der Waals surface area contributed by atoms with E-state index in [-0.39, 0.29) is 0 Å². The Balaban J connectivity index is 2.02. The van der Waals surface area contributed by atoms with Gasteiger partial charge in [0.05, 0.1) is 0 Å². The van der Waals surface area contributed by atoms with E-state index >= 15 is 0 Å². The maximum atomic E-state index is 3.72. The Bertz CT molecular complexity index is 169. The Morgan fingerprint density at radius 1 is 1.20 bits per heavy atom. The second-order valence-electron chi connectivity index (χ2n) is 6.40. The van der Waals surface area contributed by atoms with E-state index in [1.807, 2.05) is 0 Å². The summed E-state index contributed by atoms with van der Waals surface area (Å²) in [4.78, 5) is 0. The molecule has 0 heterocycles. The SMILES string of the molecule is CCC1CCC(NCCCC(C)(C)C)C1. The quantitative estimate of drug-likeness (QED) is 0.678. The topological polar surface area (TPSA) is 12.0 Å². The zero-order valence-corrected chi connectivity index (χ0v) is 11.1. The van der Waals surface area contributed by atoms with Crippen molar-refractivity contribution in [3.8, 4) is 0 Å². The Labute approximate surface area is 96.0 Å². The van der Waals surface area contributed by atoms with Crippen molar-refractivity contribution in [3.05, 3.63) is 0 Å². The molecule has 0 aromatic carbocycles. The van der Waals surface area contributed by atoms with Crippen molar-refractivity contribution in [2.45, 2.75) is 72.3 Å². The van der Waals surface area contributed by atoms with Gasteiger partial charge in [0.15, 0.2) is 0 Å². The number of hydrogen-bond donors (Lipinski definition) is 1.